The lowest BCUT2D eigenvalue weighted by atomic mass is 10.2. The van der Waals surface area contributed by atoms with Crippen molar-refractivity contribution in [2.75, 3.05) is 6.61 Å². The van der Waals surface area contributed by atoms with Crippen LogP contribution in [0.5, 0.6) is 0 Å². The molecule has 4 nitrogen and oxygen atoms in total. The second kappa shape index (κ2) is 5.04. The number of rotatable bonds is 3. The Balaban J connectivity index is 3.02. The van der Waals surface area contributed by atoms with Gasteiger partial charge >= 0.3 is 5.97 Å². The zero-order chi connectivity index (χ0) is 10.6. The van der Waals surface area contributed by atoms with Gasteiger partial charge in [0.2, 0.25) is 0 Å². The second-order valence-corrected chi connectivity index (χ2v) is 3.76. The zero-order valence-corrected chi connectivity index (χ0v) is 9.65. The number of carbonyl (C=O) groups is 1. The SMILES string of the molecule is CCOC(=O)c1cc(I)cc(N=O)c1. The summed E-state index contributed by atoms with van der Waals surface area (Å²) < 4.78 is 5.58. The first-order valence-electron chi connectivity index (χ1n) is 3.98. The predicted molar refractivity (Wildman–Crippen MR) is 60.6 cm³/mol. The molecule has 0 aliphatic rings. The molecule has 14 heavy (non-hydrogen) atoms. The van der Waals surface area contributed by atoms with Crippen LogP contribution in [0, 0.1) is 8.48 Å². The summed E-state index contributed by atoms with van der Waals surface area (Å²) >= 11 is 2.01. The molecule has 0 aliphatic carbocycles. The maximum atomic E-state index is 11.3. The average molecular weight is 305 g/mol. The van der Waals surface area contributed by atoms with Crippen LogP contribution < -0.4 is 0 Å². The topological polar surface area (TPSA) is 55.7 Å². The van der Waals surface area contributed by atoms with Crippen LogP contribution in [-0.2, 0) is 4.74 Å². The van der Waals surface area contributed by atoms with Crippen molar-refractivity contribution in [3.05, 3.63) is 32.2 Å². The van der Waals surface area contributed by atoms with E-state index < -0.39 is 5.97 Å². The minimum Gasteiger partial charge on any atom is -0.462 e. The number of nitroso groups, excluding NO2 is 1. The van der Waals surface area contributed by atoms with Crippen LogP contribution in [0.25, 0.3) is 0 Å². The first-order valence-corrected chi connectivity index (χ1v) is 5.06. The Morgan fingerprint density at radius 3 is 2.79 bits per heavy atom. The van der Waals surface area contributed by atoms with E-state index in [4.69, 9.17) is 4.74 Å². The lowest BCUT2D eigenvalue weighted by Crippen LogP contribution is -2.04. The smallest absolute Gasteiger partial charge is 0.338 e. The summed E-state index contributed by atoms with van der Waals surface area (Å²) in [7, 11) is 0. The van der Waals surface area contributed by atoms with Gasteiger partial charge in [-0.1, -0.05) is 0 Å². The molecule has 1 rings (SSSR count). The van der Waals surface area contributed by atoms with E-state index in [9.17, 15) is 9.70 Å². The van der Waals surface area contributed by atoms with Gasteiger partial charge in [0.1, 0.15) is 5.69 Å². The molecule has 0 radical (unpaired) electrons. The molecule has 0 aromatic heterocycles. The monoisotopic (exact) mass is 305 g/mol. The van der Waals surface area contributed by atoms with Gasteiger partial charge in [-0.15, -0.1) is 4.91 Å². The van der Waals surface area contributed by atoms with Gasteiger partial charge < -0.3 is 4.74 Å². The number of carbonyl (C=O) groups excluding carboxylic acids is 1. The van der Waals surface area contributed by atoms with Crippen LogP contribution in [0.1, 0.15) is 17.3 Å². The molecule has 0 saturated heterocycles. The van der Waals surface area contributed by atoms with Crippen LogP contribution in [0.3, 0.4) is 0 Å². The summed E-state index contributed by atoms with van der Waals surface area (Å²) in [6.45, 7) is 2.04. The highest BCUT2D eigenvalue weighted by Gasteiger charge is 2.08. The third kappa shape index (κ3) is 2.76. The van der Waals surface area contributed by atoms with Gasteiger partial charge in [0.05, 0.1) is 12.2 Å². The molecule has 1 aromatic carbocycles. The van der Waals surface area contributed by atoms with Crippen molar-refractivity contribution < 1.29 is 9.53 Å². The van der Waals surface area contributed by atoms with Crippen LogP contribution in [0.15, 0.2) is 23.4 Å². The van der Waals surface area contributed by atoms with Crippen molar-refractivity contribution >= 4 is 34.2 Å². The van der Waals surface area contributed by atoms with Gasteiger partial charge in [0.25, 0.3) is 0 Å². The van der Waals surface area contributed by atoms with E-state index in [2.05, 4.69) is 5.18 Å². The molecule has 0 bridgehead atoms. The first-order chi connectivity index (χ1) is 6.67. The molecule has 0 aliphatic heterocycles. The molecule has 0 amide bonds. The van der Waals surface area contributed by atoms with Gasteiger partial charge in [-0.2, -0.15) is 0 Å². The van der Waals surface area contributed by atoms with E-state index in [1.165, 1.54) is 6.07 Å². The lowest BCUT2D eigenvalue weighted by molar-refractivity contribution is 0.0526. The molecule has 0 saturated carbocycles. The summed E-state index contributed by atoms with van der Waals surface area (Å²) in [6, 6.07) is 4.65. The van der Waals surface area contributed by atoms with Crippen LogP contribution in [0.2, 0.25) is 0 Å². The van der Waals surface area contributed by atoms with Gasteiger partial charge in [-0.25, -0.2) is 4.79 Å². The largest absolute Gasteiger partial charge is 0.462 e. The fourth-order valence-electron chi connectivity index (χ4n) is 0.959. The molecule has 1 aromatic rings. The number of esters is 1. The lowest BCUT2D eigenvalue weighted by Gasteiger charge is -2.02. The highest BCUT2D eigenvalue weighted by molar-refractivity contribution is 14.1. The van der Waals surface area contributed by atoms with Crippen molar-refractivity contribution in [1.29, 1.82) is 0 Å². The van der Waals surface area contributed by atoms with Crippen molar-refractivity contribution in [2.24, 2.45) is 5.18 Å². The van der Waals surface area contributed by atoms with Crippen molar-refractivity contribution in [3.8, 4) is 0 Å². The highest BCUT2D eigenvalue weighted by Crippen LogP contribution is 2.19. The Hall–Kier alpha value is -0.980. The van der Waals surface area contributed by atoms with E-state index in [0.29, 0.717) is 12.2 Å². The van der Waals surface area contributed by atoms with Crippen molar-refractivity contribution in [1.82, 2.24) is 0 Å². The molecule has 0 heterocycles. The zero-order valence-electron chi connectivity index (χ0n) is 7.49. The average Bonchev–Trinajstić information content (AvgIpc) is 2.17. The summed E-state index contributed by atoms with van der Waals surface area (Å²) in [5.74, 6) is -0.434. The fraction of sp³-hybridized carbons (Fsp3) is 0.222. The predicted octanol–water partition coefficient (Wildman–Crippen LogP) is 2.87. The van der Waals surface area contributed by atoms with E-state index in [-0.39, 0.29) is 5.69 Å². The highest BCUT2D eigenvalue weighted by atomic mass is 127. The minimum atomic E-state index is -0.434. The summed E-state index contributed by atoms with van der Waals surface area (Å²) in [4.78, 5) is 21.6. The van der Waals surface area contributed by atoms with E-state index in [0.717, 1.165) is 3.57 Å². The number of ether oxygens (including phenoxy) is 1. The molecule has 5 heteroatoms. The van der Waals surface area contributed by atoms with E-state index >= 15 is 0 Å². The third-order valence-electron chi connectivity index (χ3n) is 1.50. The maximum Gasteiger partial charge on any atom is 0.338 e. The minimum absolute atomic E-state index is 0.236. The standard InChI is InChI=1S/C9H8INO3/c1-2-14-9(12)6-3-7(10)5-8(4-6)11-13/h3-5H,2H2,1H3. The number of hydrogen-bond acceptors (Lipinski definition) is 4. The molecule has 0 atom stereocenters. The van der Waals surface area contributed by atoms with Crippen molar-refractivity contribution in [2.45, 2.75) is 6.92 Å². The quantitative estimate of drug-likeness (QED) is 0.490. The molecular weight excluding hydrogens is 297 g/mol. The van der Waals surface area contributed by atoms with E-state index in [1.807, 2.05) is 22.6 Å². The number of nitrogens with zero attached hydrogens (tertiary/aromatic N) is 1. The van der Waals surface area contributed by atoms with Crippen LogP contribution >= 0.6 is 22.6 Å². The van der Waals surface area contributed by atoms with Gasteiger partial charge in [0, 0.05) is 3.57 Å². The van der Waals surface area contributed by atoms with Crippen molar-refractivity contribution in [3.63, 3.8) is 0 Å². The van der Waals surface area contributed by atoms with Gasteiger partial charge in [0.15, 0.2) is 0 Å². The Kier molecular flexibility index (Phi) is 3.99. The Bertz CT molecular complexity index is 365. The first kappa shape index (κ1) is 11.1. The van der Waals surface area contributed by atoms with Crippen LogP contribution in [0.4, 0.5) is 5.69 Å². The summed E-state index contributed by atoms with van der Waals surface area (Å²) in [6.07, 6.45) is 0. The van der Waals surface area contributed by atoms with Crippen LogP contribution in [-0.4, -0.2) is 12.6 Å². The van der Waals surface area contributed by atoms with E-state index in [1.54, 1.807) is 19.1 Å². The maximum absolute atomic E-state index is 11.3. The molecule has 74 valence electrons. The van der Waals surface area contributed by atoms with Gasteiger partial charge in [-0.05, 0) is 52.9 Å². The Morgan fingerprint density at radius 1 is 1.50 bits per heavy atom. The Labute approximate surface area is 94.8 Å². The van der Waals surface area contributed by atoms with Gasteiger partial charge in [-0.3, -0.25) is 0 Å². The molecule has 0 spiro atoms. The molecular formula is C9H8INO3. The molecule has 0 unspecified atom stereocenters. The number of hydrogen-bond donors (Lipinski definition) is 0. The number of halogens is 1. The third-order valence-corrected chi connectivity index (χ3v) is 2.12. The number of benzene rings is 1. The normalized spacial score (nSPS) is 9.57. The second-order valence-electron chi connectivity index (χ2n) is 2.51. The Morgan fingerprint density at radius 2 is 2.21 bits per heavy atom. The molecule has 0 fully saturated rings. The fourth-order valence-corrected chi connectivity index (χ4v) is 1.61. The molecule has 0 N–H and O–H groups in total. The summed E-state index contributed by atoms with van der Waals surface area (Å²) in [5.41, 5.74) is 0.591. The summed E-state index contributed by atoms with van der Waals surface area (Å²) in [5, 5.41) is 2.77.